The Morgan fingerprint density at radius 2 is 2.00 bits per heavy atom. The number of anilines is 1. The predicted molar refractivity (Wildman–Crippen MR) is 87.3 cm³/mol. The molecule has 0 unspecified atom stereocenters. The molecule has 1 aromatic heterocycles. The van der Waals surface area contributed by atoms with Gasteiger partial charge < -0.3 is 10.6 Å². The Hall–Kier alpha value is -2.14. The van der Waals surface area contributed by atoms with Gasteiger partial charge in [-0.15, -0.1) is 0 Å². The van der Waals surface area contributed by atoms with E-state index in [9.17, 15) is 4.79 Å². The van der Waals surface area contributed by atoms with Crippen LogP contribution < -0.4 is 10.6 Å². The molecule has 1 aliphatic rings. The molecule has 0 saturated carbocycles. The number of carbonyl (C=O) groups excluding carboxylic acids is 1. The van der Waals surface area contributed by atoms with Crippen LogP contribution in [-0.4, -0.2) is 28.8 Å². The van der Waals surface area contributed by atoms with Crippen molar-refractivity contribution in [2.45, 2.75) is 26.7 Å². The summed E-state index contributed by atoms with van der Waals surface area (Å²) >= 11 is 0. The van der Waals surface area contributed by atoms with Crippen LogP contribution >= 0.6 is 0 Å². The standard InChI is InChI=1S/C17H22N4O/c1-12-11-13(2)21(20-12)16-6-4-3-5-15(16)19-17(22)14-7-9-18-10-8-14/h3-6,11,14,18H,7-10H2,1-2H3,(H,19,22). The fourth-order valence-corrected chi connectivity index (χ4v) is 2.96. The second kappa shape index (κ2) is 6.32. The summed E-state index contributed by atoms with van der Waals surface area (Å²) in [4.78, 5) is 12.5. The van der Waals surface area contributed by atoms with Crippen LogP contribution in [-0.2, 0) is 4.79 Å². The van der Waals surface area contributed by atoms with Gasteiger partial charge in [0.25, 0.3) is 0 Å². The van der Waals surface area contributed by atoms with E-state index in [1.165, 1.54) is 0 Å². The topological polar surface area (TPSA) is 59.0 Å². The lowest BCUT2D eigenvalue weighted by atomic mass is 9.97. The van der Waals surface area contributed by atoms with E-state index >= 15 is 0 Å². The summed E-state index contributed by atoms with van der Waals surface area (Å²) in [5, 5.41) is 10.9. The number of benzene rings is 1. The molecule has 2 aromatic rings. The molecule has 0 radical (unpaired) electrons. The number of rotatable bonds is 3. The smallest absolute Gasteiger partial charge is 0.227 e. The molecule has 0 atom stereocenters. The summed E-state index contributed by atoms with van der Waals surface area (Å²) in [5.41, 5.74) is 3.76. The molecule has 3 rings (SSSR count). The Bertz CT molecular complexity index is 671. The van der Waals surface area contributed by atoms with Crippen LogP contribution in [0.4, 0.5) is 5.69 Å². The van der Waals surface area contributed by atoms with Gasteiger partial charge in [-0.05, 0) is 58.0 Å². The van der Waals surface area contributed by atoms with Gasteiger partial charge in [-0.25, -0.2) is 4.68 Å². The first-order valence-corrected chi connectivity index (χ1v) is 7.79. The lowest BCUT2D eigenvalue weighted by molar-refractivity contribution is -0.120. The fraction of sp³-hybridized carbons (Fsp3) is 0.412. The number of hydrogen-bond donors (Lipinski definition) is 2. The van der Waals surface area contributed by atoms with Crippen LogP contribution in [0.3, 0.4) is 0 Å². The Labute approximate surface area is 130 Å². The van der Waals surface area contributed by atoms with Crippen molar-refractivity contribution in [3.8, 4) is 5.69 Å². The van der Waals surface area contributed by atoms with Crippen LogP contribution in [0.15, 0.2) is 30.3 Å². The highest BCUT2D eigenvalue weighted by molar-refractivity contribution is 5.94. The van der Waals surface area contributed by atoms with E-state index in [0.717, 1.165) is 48.7 Å². The molecule has 0 bridgehead atoms. The van der Waals surface area contributed by atoms with E-state index in [0.29, 0.717) is 0 Å². The van der Waals surface area contributed by atoms with Crippen LogP contribution in [0.1, 0.15) is 24.2 Å². The fourth-order valence-electron chi connectivity index (χ4n) is 2.96. The van der Waals surface area contributed by atoms with Crippen molar-refractivity contribution in [3.63, 3.8) is 0 Å². The molecule has 1 fully saturated rings. The second-order valence-electron chi connectivity index (χ2n) is 5.87. The molecular formula is C17H22N4O. The van der Waals surface area contributed by atoms with E-state index in [-0.39, 0.29) is 11.8 Å². The first-order valence-electron chi connectivity index (χ1n) is 7.79. The molecule has 0 aliphatic carbocycles. The third-order valence-electron chi connectivity index (χ3n) is 4.11. The monoisotopic (exact) mass is 298 g/mol. The number of aromatic nitrogens is 2. The quantitative estimate of drug-likeness (QED) is 0.915. The highest BCUT2D eigenvalue weighted by Crippen LogP contribution is 2.23. The summed E-state index contributed by atoms with van der Waals surface area (Å²) in [7, 11) is 0. The van der Waals surface area contributed by atoms with Gasteiger partial charge in [-0.1, -0.05) is 12.1 Å². The maximum absolute atomic E-state index is 12.5. The van der Waals surface area contributed by atoms with E-state index in [4.69, 9.17) is 0 Å². The van der Waals surface area contributed by atoms with Crippen molar-refractivity contribution in [1.29, 1.82) is 0 Å². The van der Waals surface area contributed by atoms with Crippen LogP contribution in [0, 0.1) is 19.8 Å². The summed E-state index contributed by atoms with van der Waals surface area (Å²) in [6, 6.07) is 9.85. The Kier molecular flexibility index (Phi) is 4.24. The molecule has 5 nitrogen and oxygen atoms in total. The number of piperidine rings is 1. The van der Waals surface area contributed by atoms with Crippen LogP contribution in [0.5, 0.6) is 0 Å². The summed E-state index contributed by atoms with van der Waals surface area (Å²) in [6.45, 7) is 5.82. The largest absolute Gasteiger partial charge is 0.324 e. The maximum Gasteiger partial charge on any atom is 0.227 e. The van der Waals surface area contributed by atoms with Crippen LogP contribution in [0.2, 0.25) is 0 Å². The van der Waals surface area contributed by atoms with Crippen molar-refractivity contribution >= 4 is 11.6 Å². The molecule has 1 aromatic carbocycles. The minimum Gasteiger partial charge on any atom is -0.324 e. The molecule has 2 N–H and O–H groups in total. The number of nitrogens with zero attached hydrogens (tertiary/aromatic N) is 2. The van der Waals surface area contributed by atoms with E-state index in [1.807, 2.05) is 48.9 Å². The Morgan fingerprint density at radius 1 is 1.27 bits per heavy atom. The van der Waals surface area contributed by atoms with Crippen molar-refractivity contribution in [1.82, 2.24) is 15.1 Å². The van der Waals surface area contributed by atoms with E-state index in [2.05, 4.69) is 15.7 Å². The van der Waals surface area contributed by atoms with Gasteiger partial charge in [0.2, 0.25) is 5.91 Å². The minimum atomic E-state index is 0.0924. The molecule has 1 aliphatic heterocycles. The summed E-state index contributed by atoms with van der Waals surface area (Å²) in [5.74, 6) is 0.199. The molecule has 116 valence electrons. The van der Waals surface area contributed by atoms with E-state index < -0.39 is 0 Å². The first kappa shape index (κ1) is 14.8. The summed E-state index contributed by atoms with van der Waals surface area (Å²) < 4.78 is 1.88. The minimum absolute atomic E-state index is 0.0924. The number of carbonyl (C=O) groups is 1. The highest BCUT2D eigenvalue weighted by atomic mass is 16.1. The van der Waals surface area contributed by atoms with Gasteiger partial charge in [0.15, 0.2) is 0 Å². The molecule has 1 amide bonds. The lowest BCUT2D eigenvalue weighted by Gasteiger charge is -2.22. The molecule has 0 spiro atoms. The Balaban J connectivity index is 1.85. The molecule has 2 heterocycles. The van der Waals surface area contributed by atoms with Crippen molar-refractivity contribution < 1.29 is 4.79 Å². The predicted octanol–water partition coefficient (Wildman–Crippen LogP) is 2.43. The van der Waals surface area contributed by atoms with Crippen LogP contribution in [0.25, 0.3) is 5.69 Å². The maximum atomic E-state index is 12.5. The normalized spacial score (nSPS) is 15.7. The van der Waals surface area contributed by atoms with Crippen molar-refractivity contribution in [3.05, 3.63) is 41.7 Å². The van der Waals surface area contributed by atoms with Gasteiger partial charge in [0.1, 0.15) is 0 Å². The lowest BCUT2D eigenvalue weighted by Crippen LogP contribution is -2.34. The zero-order valence-electron chi connectivity index (χ0n) is 13.1. The summed E-state index contributed by atoms with van der Waals surface area (Å²) in [6.07, 6.45) is 1.79. The zero-order chi connectivity index (χ0) is 15.5. The first-order chi connectivity index (χ1) is 10.6. The van der Waals surface area contributed by atoms with Gasteiger partial charge in [0.05, 0.1) is 17.1 Å². The number of hydrogen-bond acceptors (Lipinski definition) is 3. The van der Waals surface area contributed by atoms with Crippen molar-refractivity contribution in [2.24, 2.45) is 5.92 Å². The Morgan fingerprint density at radius 3 is 2.68 bits per heavy atom. The third-order valence-corrected chi connectivity index (χ3v) is 4.11. The van der Waals surface area contributed by atoms with E-state index in [1.54, 1.807) is 0 Å². The SMILES string of the molecule is Cc1cc(C)n(-c2ccccc2NC(=O)C2CCNCC2)n1. The average Bonchev–Trinajstić information content (AvgIpc) is 2.87. The number of para-hydroxylation sites is 2. The zero-order valence-corrected chi connectivity index (χ0v) is 13.1. The van der Waals surface area contributed by atoms with Gasteiger partial charge in [-0.2, -0.15) is 5.10 Å². The molecular weight excluding hydrogens is 276 g/mol. The number of nitrogens with one attached hydrogen (secondary N) is 2. The molecule has 1 saturated heterocycles. The number of amides is 1. The van der Waals surface area contributed by atoms with Gasteiger partial charge in [0, 0.05) is 11.6 Å². The second-order valence-corrected chi connectivity index (χ2v) is 5.87. The van der Waals surface area contributed by atoms with Crippen molar-refractivity contribution in [2.75, 3.05) is 18.4 Å². The number of aryl methyl sites for hydroxylation is 2. The molecule has 5 heteroatoms. The molecule has 22 heavy (non-hydrogen) atoms. The average molecular weight is 298 g/mol. The third kappa shape index (κ3) is 3.04. The highest BCUT2D eigenvalue weighted by Gasteiger charge is 2.22. The van der Waals surface area contributed by atoms with Gasteiger partial charge in [-0.3, -0.25) is 4.79 Å². The van der Waals surface area contributed by atoms with Gasteiger partial charge >= 0.3 is 0 Å².